The predicted octanol–water partition coefficient (Wildman–Crippen LogP) is 2.43. The molecular formula is C19H18FN5O2S. The lowest BCUT2D eigenvalue weighted by Gasteiger charge is -2.25. The van der Waals surface area contributed by atoms with E-state index in [-0.39, 0.29) is 17.2 Å². The monoisotopic (exact) mass is 399 g/mol. The van der Waals surface area contributed by atoms with Crippen LogP contribution < -0.4 is 10.9 Å². The average molecular weight is 399 g/mol. The highest BCUT2D eigenvalue weighted by molar-refractivity contribution is 7.17. The molecule has 0 spiro atoms. The number of piperidine rings is 1. The van der Waals surface area contributed by atoms with Gasteiger partial charge in [0.2, 0.25) is 0 Å². The normalized spacial score (nSPS) is 20.2. The Morgan fingerprint density at radius 2 is 2.18 bits per heavy atom. The van der Waals surface area contributed by atoms with Crippen LogP contribution in [-0.2, 0) is 7.05 Å². The second kappa shape index (κ2) is 6.39. The first kappa shape index (κ1) is 17.3. The van der Waals surface area contributed by atoms with E-state index >= 15 is 0 Å². The summed E-state index contributed by atoms with van der Waals surface area (Å²) in [4.78, 5) is 18.5. The molecule has 7 nitrogen and oxygen atoms in total. The summed E-state index contributed by atoms with van der Waals surface area (Å²) in [6, 6.07) is 4.74. The number of hydrogen-bond acceptors (Lipinski definition) is 6. The smallest absolute Gasteiger partial charge is 0.259 e. The molecule has 28 heavy (non-hydrogen) atoms. The molecule has 2 N–H and O–H groups in total. The van der Waals surface area contributed by atoms with E-state index in [2.05, 4.69) is 15.4 Å². The minimum atomic E-state index is -0.978. The number of benzene rings is 1. The lowest BCUT2D eigenvalue weighted by Crippen LogP contribution is -2.36. The standard InChI is InChI=1S/C19H18FN5O2S/c1-24-8-10-4-12(16(26)5-14(10)23-24)15-6-18(27)25-9-17(28-19(25)22-15)11-2-3-21-7-13(11)20/h4-6,8-9,11,13,21,26H,2-3,7H2,1H3/t11-,13+/m0/s1. The van der Waals surface area contributed by atoms with E-state index in [1.54, 1.807) is 30.1 Å². The molecule has 1 aliphatic rings. The van der Waals surface area contributed by atoms with Crippen LogP contribution in [0, 0.1) is 0 Å². The molecule has 1 aromatic carbocycles. The number of aryl methyl sites for hydroxylation is 1. The van der Waals surface area contributed by atoms with Crippen molar-refractivity contribution in [3.05, 3.63) is 45.8 Å². The number of nitrogens with one attached hydrogen (secondary N) is 1. The second-order valence-corrected chi connectivity index (χ2v) is 8.15. The van der Waals surface area contributed by atoms with Crippen LogP contribution in [0.15, 0.2) is 35.4 Å². The van der Waals surface area contributed by atoms with Crippen molar-refractivity contribution in [1.29, 1.82) is 0 Å². The number of aromatic nitrogens is 4. The number of phenols is 1. The van der Waals surface area contributed by atoms with Crippen molar-refractivity contribution in [2.75, 3.05) is 13.1 Å². The van der Waals surface area contributed by atoms with Crippen LogP contribution in [-0.4, -0.2) is 43.5 Å². The van der Waals surface area contributed by atoms with Crippen molar-refractivity contribution >= 4 is 27.2 Å². The number of halogens is 1. The molecule has 144 valence electrons. The zero-order valence-corrected chi connectivity index (χ0v) is 15.9. The summed E-state index contributed by atoms with van der Waals surface area (Å²) >= 11 is 1.33. The van der Waals surface area contributed by atoms with E-state index in [1.807, 2.05) is 6.20 Å². The Hall–Kier alpha value is -2.78. The van der Waals surface area contributed by atoms with Crippen molar-refractivity contribution in [3.8, 4) is 17.0 Å². The van der Waals surface area contributed by atoms with Gasteiger partial charge >= 0.3 is 0 Å². The number of hydrogen-bond donors (Lipinski definition) is 2. The number of rotatable bonds is 2. The number of aromatic hydroxyl groups is 1. The van der Waals surface area contributed by atoms with Gasteiger partial charge in [-0.15, -0.1) is 11.3 Å². The first-order valence-electron chi connectivity index (χ1n) is 9.04. The molecule has 0 aliphatic carbocycles. The van der Waals surface area contributed by atoms with Gasteiger partial charge in [-0.25, -0.2) is 9.37 Å². The fourth-order valence-electron chi connectivity index (χ4n) is 3.76. The van der Waals surface area contributed by atoms with Gasteiger partial charge in [0.15, 0.2) is 4.96 Å². The van der Waals surface area contributed by atoms with Crippen molar-refractivity contribution in [2.24, 2.45) is 7.05 Å². The van der Waals surface area contributed by atoms with Crippen LogP contribution in [0.4, 0.5) is 4.39 Å². The van der Waals surface area contributed by atoms with Gasteiger partial charge in [-0.2, -0.15) is 5.10 Å². The molecule has 0 radical (unpaired) electrons. The maximum Gasteiger partial charge on any atom is 0.259 e. The van der Waals surface area contributed by atoms with Crippen LogP contribution in [0.2, 0.25) is 0 Å². The molecule has 0 saturated carbocycles. The molecule has 2 atom stereocenters. The Bertz CT molecular complexity index is 1260. The Labute approximate surface area is 163 Å². The van der Waals surface area contributed by atoms with Crippen molar-refractivity contribution in [2.45, 2.75) is 18.5 Å². The molecule has 5 rings (SSSR count). The average Bonchev–Trinajstić information content (AvgIpc) is 3.23. The summed E-state index contributed by atoms with van der Waals surface area (Å²) in [5.41, 5.74) is 1.28. The summed E-state index contributed by atoms with van der Waals surface area (Å²) in [5, 5.41) is 18.6. The summed E-state index contributed by atoms with van der Waals surface area (Å²) in [6.45, 7) is 1.08. The second-order valence-electron chi connectivity index (χ2n) is 7.11. The van der Waals surface area contributed by atoms with E-state index in [9.17, 15) is 14.3 Å². The molecule has 1 saturated heterocycles. The van der Waals surface area contributed by atoms with Crippen LogP contribution in [0.1, 0.15) is 17.2 Å². The fourth-order valence-corrected chi connectivity index (χ4v) is 4.93. The molecule has 0 amide bonds. The van der Waals surface area contributed by atoms with Gasteiger partial charge in [0.05, 0.1) is 11.2 Å². The highest BCUT2D eigenvalue weighted by Crippen LogP contribution is 2.35. The summed E-state index contributed by atoms with van der Waals surface area (Å²) in [7, 11) is 1.81. The van der Waals surface area contributed by atoms with Crippen molar-refractivity contribution < 1.29 is 9.50 Å². The molecule has 1 aliphatic heterocycles. The van der Waals surface area contributed by atoms with E-state index in [0.717, 1.165) is 16.8 Å². The van der Waals surface area contributed by atoms with Gasteiger partial charge in [-0.05, 0) is 19.0 Å². The Morgan fingerprint density at radius 1 is 1.32 bits per heavy atom. The number of fused-ring (bicyclic) bond motifs is 2. The van der Waals surface area contributed by atoms with Gasteiger partial charge in [-0.1, -0.05) is 0 Å². The topological polar surface area (TPSA) is 84.5 Å². The molecule has 0 bridgehead atoms. The van der Waals surface area contributed by atoms with Crippen molar-refractivity contribution in [1.82, 2.24) is 24.5 Å². The van der Waals surface area contributed by atoms with Gasteiger partial charge in [0.1, 0.15) is 11.9 Å². The van der Waals surface area contributed by atoms with Gasteiger partial charge in [0, 0.05) is 59.9 Å². The molecule has 0 unspecified atom stereocenters. The molecule has 9 heteroatoms. The Kier molecular flexibility index (Phi) is 3.95. The van der Waals surface area contributed by atoms with Crippen molar-refractivity contribution in [3.63, 3.8) is 0 Å². The van der Waals surface area contributed by atoms with Crippen LogP contribution >= 0.6 is 11.3 Å². The Balaban J connectivity index is 1.63. The van der Waals surface area contributed by atoms with Gasteiger partial charge in [-0.3, -0.25) is 13.9 Å². The first-order valence-corrected chi connectivity index (χ1v) is 9.86. The van der Waals surface area contributed by atoms with E-state index in [1.165, 1.54) is 21.8 Å². The minimum absolute atomic E-state index is 0.0152. The molecule has 3 aromatic heterocycles. The molecule has 4 heterocycles. The molecule has 1 fully saturated rings. The van der Waals surface area contributed by atoms with Gasteiger partial charge < -0.3 is 10.4 Å². The Morgan fingerprint density at radius 3 is 3.00 bits per heavy atom. The number of phenolic OH excluding ortho intramolecular Hbond substituents is 1. The number of thiazole rings is 1. The summed E-state index contributed by atoms with van der Waals surface area (Å²) < 4.78 is 17.4. The molecule has 4 aromatic rings. The SMILES string of the molecule is Cn1cc2cc(-c3cc(=O)n4cc([C@H]5CCNC[C@H]5F)sc4n3)c(O)cc2n1. The zero-order chi connectivity index (χ0) is 19.4. The number of alkyl halides is 1. The zero-order valence-electron chi connectivity index (χ0n) is 15.1. The van der Waals surface area contributed by atoms with Crippen LogP contribution in [0.25, 0.3) is 27.1 Å². The maximum absolute atomic E-state index is 14.3. The van der Waals surface area contributed by atoms with E-state index in [0.29, 0.717) is 34.7 Å². The lowest BCUT2D eigenvalue weighted by atomic mass is 9.95. The largest absolute Gasteiger partial charge is 0.507 e. The number of nitrogens with zero attached hydrogens (tertiary/aromatic N) is 4. The third kappa shape index (κ3) is 2.78. The highest BCUT2D eigenvalue weighted by Gasteiger charge is 2.28. The minimum Gasteiger partial charge on any atom is -0.507 e. The van der Waals surface area contributed by atoms with E-state index < -0.39 is 6.17 Å². The quantitative estimate of drug-likeness (QED) is 0.541. The molecular weight excluding hydrogens is 381 g/mol. The third-order valence-electron chi connectivity index (χ3n) is 5.17. The third-order valence-corrected chi connectivity index (χ3v) is 6.29. The fraction of sp³-hybridized carbons (Fsp3) is 0.316. The highest BCUT2D eigenvalue weighted by atomic mass is 32.1. The first-order chi connectivity index (χ1) is 13.5. The van der Waals surface area contributed by atoms with E-state index in [4.69, 9.17) is 0 Å². The predicted molar refractivity (Wildman–Crippen MR) is 106 cm³/mol. The maximum atomic E-state index is 14.3. The lowest BCUT2D eigenvalue weighted by molar-refractivity contribution is 0.233. The van der Waals surface area contributed by atoms with Crippen LogP contribution in [0.3, 0.4) is 0 Å². The van der Waals surface area contributed by atoms with Crippen LogP contribution in [0.5, 0.6) is 5.75 Å². The summed E-state index contributed by atoms with van der Waals surface area (Å²) in [5.74, 6) is -0.211. The summed E-state index contributed by atoms with van der Waals surface area (Å²) in [6.07, 6.45) is 3.25. The van der Waals surface area contributed by atoms with Gasteiger partial charge in [0.25, 0.3) is 5.56 Å².